The van der Waals surface area contributed by atoms with Crippen LogP contribution in [0.4, 0.5) is 13.2 Å². The minimum atomic E-state index is -4.55. The Morgan fingerprint density at radius 1 is 1.09 bits per heavy atom. The summed E-state index contributed by atoms with van der Waals surface area (Å²) in [6.45, 7) is 9.60. The second kappa shape index (κ2) is 9.82. The van der Waals surface area contributed by atoms with Gasteiger partial charge in [-0.25, -0.2) is 4.68 Å². The smallest absolute Gasteiger partial charge is 0.435 e. The van der Waals surface area contributed by atoms with Crippen LogP contribution in [-0.4, -0.2) is 32.6 Å². The summed E-state index contributed by atoms with van der Waals surface area (Å²) in [6.07, 6.45) is -1.53. The zero-order valence-electron chi connectivity index (χ0n) is 19.7. The van der Waals surface area contributed by atoms with E-state index in [-0.39, 0.29) is 11.2 Å². The maximum absolute atomic E-state index is 12.8. The molecule has 34 heavy (non-hydrogen) atoms. The van der Waals surface area contributed by atoms with Crippen molar-refractivity contribution in [1.29, 1.82) is 0 Å². The first-order chi connectivity index (χ1) is 15.9. The SMILES string of the molecule is CC(=O)Oc1cccc(C)c1OCCCc1cn(-c2ccc(C(F)(F)F)nn2)nc1C(C)(C)C. The third-order valence-electron chi connectivity index (χ3n) is 4.94. The zero-order valence-corrected chi connectivity index (χ0v) is 19.7. The normalized spacial score (nSPS) is 12.0. The van der Waals surface area contributed by atoms with Gasteiger partial charge in [-0.05, 0) is 49.1 Å². The summed E-state index contributed by atoms with van der Waals surface area (Å²) in [5.41, 5.74) is 1.25. The molecule has 0 atom stereocenters. The van der Waals surface area contributed by atoms with Crippen LogP contribution in [0.1, 0.15) is 56.6 Å². The number of carbonyl (C=O) groups excluding carboxylic acids is 1. The molecule has 1 aromatic carbocycles. The van der Waals surface area contributed by atoms with Crippen molar-refractivity contribution in [3.63, 3.8) is 0 Å². The zero-order chi connectivity index (χ0) is 25.1. The summed E-state index contributed by atoms with van der Waals surface area (Å²) in [6, 6.07) is 7.47. The van der Waals surface area contributed by atoms with Crippen LogP contribution >= 0.6 is 0 Å². The van der Waals surface area contributed by atoms with Crippen LogP contribution in [0, 0.1) is 6.92 Å². The van der Waals surface area contributed by atoms with Crippen molar-refractivity contribution < 1.29 is 27.4 Å². The Morgan fingerprint density at radius 3 is 2.41 bits per heavy atom. The number of halogens is 3. The number of aromatic nitrogens is 4. The summed E-state index contributed by atoms with van der Waals surface area (Å²) in [7, 11) is 0. The first kappa shape index (κ1) is 25.2. The van der Waals surface area contributed by atoms with E-state index < -0.39 is 17.8 Å². The maximum Gasteiger partial charge on any atom is 0.435 e. The molecule has 0 amide bonds. The Balaban J connectivity index is 1.74. The second-order valence-electron chi connectivity index (χ2n) is 8.92. The average molecular weight is 476 g/mol. The quantitative estimate of drug-likeness (QED) is 0.264. The van der Waals surface area contributed by atoms with Gasteiger partial charge < -0.3 is 9.47 Å². The van der Waals surface area contributed by atoms with Crippen molar-refractivity contribution >= 4 is 5.97 Å². The van der Waals surface area contributed by atoms with Gasteiger partial charge in [0.05, 0.1) is 12.3 Å². The Kier molecular flexibility index (Phi) is 7.28. The maximum atomic E-state index is 12.8. The summed E-state index contributed by atoms with van der Waals surface area (Å²) in [4.78, 5) is 11.4. The number of esters is 1. The number of para-hydroxylation sites is 1. The molecule has 7 nitrogen and oxygen atoms in total. The molecule has 0 bridgehead atoms. The highest BCUT2D eigenvalue weighted by Gasteiger charge is 2.33. The van der Waals surface area contributed by atoms with Gasteiger partial charge >= 0.3 is 12.1 Å². The van der Waals surface area contributed by atoms with Crippen molar-refractivity contribution in [2.45, 2.75) is 59.1 Å². The summed E-state index contributed by atoms with van der Waals surface area (Å²) >= 11 is 0. The first-order valence-electron chi connectivity index (χ1n) is 10.8. The third kappa shape index (κ3) is 6.12. The molecule has 0 radical (unpaired) electrons. The highest BCUT2D eigenvalue weighted by Crippen LogP contribution is 2.32. The highest BCUT2D eigenvalue weighted by atomic mass is 19.4. The summed E-state index contributed by atoms with van der Waals surface area (Å²) < 4.78 is 51.0. The predicted molar refractivity (Wildman–Crippen MR) is 119 cm³/mol. The molecule has 3 aromatic rings. The van der Waals surface area contributed by atoms with Crippen LogP contribution in [0.2, 0.25) is 0 Å². The van der Waals surface area contributed by atoms with Crippen LogP contribution < -0.4 is 9.47 Å². The highest BCUT2D eigenvalue weighted by molar-refractivity contribution is 5.70. The standard InChI is InChI=1S/C24H27F3N4O3/c1-15-8-6-10-18(34-16(2)32)21(15)33-13-7-9-17-14-31(30-22(17)23(3,4)5)20-12-11-19(28-29-20)24(25,26)27/h6,8,10-12,14H,7,9,13H2,1-5H3. The topological polar surface area (TPSA) is 79.1 Å². The molecular weight excluding hydrogens is 449 g/mol. The lowest BCUT2D eigenvalue weighted by atomic mass is 9.88. The van der Waals surface area contributed by atoms with Crippen LogP contribution in [0.15, 0.2) is 36.5 Å². The minimum Gasteiger partial charge on any atom is -0.489 e. The lowest BCUT2D eigenvalue weighted by molar-refractivity contribution is -0.141. The molecule has 10 heteroatoms. The van der Waals surface area contributed by atoms with E-state index in [0.29, 0.717) is 30.9 Å². The van der Waals surface area contributed by atoms with Gasteiger partial charge in [0, 0.05) is 18.5 Å². The molecule has 0 saturated heterocycles. The molecule has 0 spiro atoms. The van der Waals surface area contributed by atoms with E-state index in [1.807, 2.05) is 33.8 Å². The van der Waals surface area contributed by atoms with Crippen molar-refractivity contribution in [3.8, 4) is 17.3 Å². The van der Waals surface area contributed by atoms with E-state index in [1.54, 1.807) is 18.3 Å². The Bertz CT molecular complexity index is 1150. The van der Waals surface area contributed by atoms with Crippen LogP contribution in [0.25, 0.3) is 5.82 Å². The summed E-state index contributed by atoms with van der Waals surface area (Å²) in [5.74, 6) is 0.664. The van der Waals surface area contributed by atoms with Gasteiger partial charge in [-0.2, -0.15) is 18.3 Å². The van der Waals surface area contributed by atoms with Gasteiger partial charge in [-0.1, -0.05) is 32.9 Å². The molecule has 0 unspecified atom stereocenters. The number of hydrogen-bond acceptors (Lipinski definition) is 6. The lowest BCUT2D eigenvalue weighted by Crippen LogP contribution is -2.15. The minimum absolute atomic E-state index is 0.201. The molecule has 3 rings (SSSR count). The van der Waals surface area contributed by atoms with Gasteiger partial charge in [0.25, 0.3) is 0 Å². The monoisotopic (exact) mass is 476 g/mol. The van der Waals surface area contributed by atoms with Crippen molar-refractivity contribution in [3.05, 3.63) is 59.0 Å². The van der Waals surface area contributed by atoms with Crippen LogP contribution in [0.3, 0.4) is 0 Å². The molecule has 182 valence electrons. The van der Waals surface area contributed by atoms with E-state index in [1.165, 1.54) is 17.7 Å². The van der Waals surface area contributed by atoms with Gasteiger partial charge in [0.2, 0.25) is 0 Å². The molecule has 0 saturated carbocycles. The fourth-order valence-electron chi connectivity index (χ4n) is 3.42. The first-order valence-corrected chi connectivity index (χ1v) is 10.8. The number of benzene rings is 1. The number of carbonyl (C=O) groups is 1. The molecular formula is C24H27F3N4O3. The number of nitrogens with zero attached hydrogens (tertiary/aromatic N) is 4. The van der Waals surface area contributed by atoms with Crippen LogP contribution in [0.5, 0.6) is 11.5 Å². The van der Waals surface area contributed by atoms with E-state index >= 15 is 0 Å². The number of hydrogen-bond donors (Lipinski definition) is 0. The molecule has 0 aliphatic heterocycles. The number of ether oxygens (including phenoxy) is 2. The average Bonchev–Trinajstić information content (AvgIpc) is 3.17. The number of aryl methyl sites for hydroxylation is 2. The van der Waals surface area contributed by atoms with Crippen LogP contribution in [-0.2, 0) is 22.8 Å². The molecule has 0 fully saturated rings. The van der Waals surface area contributed by atoms with E-state index in [9.17, 15) is 18.0 Å². The van der Waals surface area contributed by atoms with Gasteiger partial charge in [-0.15, -0.1) is 10.2 Å². The van der Waals surface area contributed by atoms with Gasteiger partial charge in [-0.3, -0.25) is 4.79 Å². The van der Waals surface area contributed by atoms with Crippen molar-refractivity contribution in [2.24, 2.45) is 0 Å². The summed E-state index contributed by atoms with van der Waals surface area (Å²) in [5, 5.41) is 11.6. The predicted octanol–water partition coefficient (Wildman–Crippen LogP) is 5.22. The molecule has 2 heterocycles. The van der Waals surface area contributed by atoms with E-state index in [2.05, 4.69) is 15.3 Å². The largest absolute Gasteiger partial charge is 0.489 e. The van der Waals surface area contributed by atoms with Gasteiger partial charge in [0.1, 0.15) is 0 Å². The number of alkyl halides is 3. The van der Waals surface area contributed by atoms with Crippen molar-refractivity contribution in [1.82, 2.24) is 20.0 Å². The van der Waals surface area contributed by atoms with Gasteiger partial charge in [0.15, 0.2) is 23.0 Å². The third-order valence-corrected chi connectivity index (χ3v) is 4.94. The fourth-order valence-corrected chi connectivity index (χ4v) is 3.42. The van der Waals surface area contributed by atoms with Crippen molar-refractivity contribution in [2.75, 3.05) is 6.61 Å². The number of rotatable bonds is 7. The fraction of sp³-hybridized carbons (Fsp3) is 0.417. The Labute approximate surface area is 195 Å². The lowest BCUT2D eigenvalue weighted by Gasteiger charge is -2.17. The van der Waals surface area contributed by atoms with E-state index in [0.717, 1.165) is 22.9 Å². The molecule has 0 N–H and O–H groups in total. The molecule has 2 aromatic heterocycles. The Hall–Kier alpha value is -3.43. The van der Waals surface area contributed by atoms with E-state index in [4.69, 9.17) is 9.47 Å². The second-order valence-corrected chi connectivity index (χ2v) is 8.92. The molecule has 0 aliphatic carbocycles. The molecule has 0 aliphatic rings. The Morgan fingerprint density at radius 2 is 1.82 bits per heavy atom.